The van der Waals surface area contributed by atoms with Crippen molar-refractivity contribution in [3.05, 3.63) is 65.2 Å². The summed E-state index contributed by atoms with van der Waals surface area (Å²) < 4.78 is 0. The summed E-state index contributed by atoms with van der Waals surface area (Å²) in [6, 6.07) is 16.4. The molecule has 24 heavy (non-hydrogen) atoms. The molecule has 4 nitrogen and oxygen atoms in total. The van der Waals surface area contributed by atoms with Gasteiger partial charge in [0.25, 0.3) is 0 Å². The van der Waals surface area contributed by atoms with Gasteiger partial charge in [-0.25, -0.2) is 4.79 Å². The fraction of sp³-hybridized carbons (Fsp3) is 0.350. The number of hydrogen-bond acceptors (Lipinski definition) is 2. The maximum atomic E-state index is 12.3. The zero-order valence-electron chi connectivity index (χ0n) is 13.5. The van der Waals surface area contributed by atoms with Crippen LogP contribution in [0.5, 0.6) is 0 Å². The quantitative estimate of drug-likeness (QED) is 0.812. The molecule has 0 unspecified atom stereocenters. The van der Waals surface area contributed by atoms with Crippen LogP contribution in [-0.2, 0) is 12.8 Å². The molecular formula is C20H22N2O2. The third-order valence-corrected chi connectivity index (χ3v) is 5.16. The molecule has 1 atom stereocenters. The number of carbonyl (C=O) groups excluding carboxylic acids is 1. The van der Waals surface area contributed by atoms with Crippen LogP contribution in [0.2, 0.25) is 0 Å². The van der Waals surface area contributed by atoms with E-state index < -0.39 is 0 Å². The van der Waals surface area contributed by atoms with Gasteiger partial charge in [-0.1, -0.05) is 42.5 Å². The minimum Gasteiger partial charge on any atom is -0.392 e. The summed E-state index contributed by atoms with van der Waals surface area (Å²) in [6.07, 6.45) is 2.94. The van der Waals surface area contributed by atoms with Crippen LogP contribution in [0.15, 0.2) is 48.5 Å². The van der Waals surface area contributed by atoms with Crippen LogP contribution >= 0.6 is 0 Å². The molecule has 4 heteroatoms. The smallest absolute Gasteiger partial charge is 0.319 e. The van der Waals surface area contributed by atoms with E-state index in [-0.39, 0.29) is 18.2 Å². The van der Waals surface area contributed by atoms with E-state index in [0.717, 1.165) is 29.7 Å². The monoisotopic (exact) mass is 322 g/mol. The Morgan fingerprint density at radius 3 is 2.58 bits per heavy atom. The maximum Gasteiger partial charge on any atom is 0.319 e. The number of nitrogens with one attached hydrogen (secondary N) is 2. The molecule has 0 bridgehead atoms. The van der Waals surface area contributed by atoms with Crippen LogP contribution in [0.25, 0.3) is 0 Å². The molecule has 2 aliphatic carbocycles. The number of amides is 2. The average molecular weight is 322 g/mol. The van der Waals surface area contributed by atoms with Gasteiger partial charge in [0, 0.05) is 18.2 Å². The van der Waals surface area contributed by atoms with Crippen LogP contribution in [0, 0.1) is 0 Å². The number of aliphatic hydroxyl groups excluding tert-OH is 1. The van der Waals surface area contributed by atoms with E-state index >= 15 is 0 Å². The molecule has 2 aromatic carbocycles. The maximum absolute atomic E-state index is 12.3. The first kappa shape index (κ1) is 15.2. The third-order valence-electron chi connectivity index (χ3n) is 5.16. The Morgan fingerprint density at radius 1 is 1.00 bits per heavy atom. The highest BCUT2D eigenvalue weighted by molar-refractivity contribution is 5.90. The van der Waals surface area contributed by atoms with Crippen LogP contribution < -0.4 is 10.6 Å². The van der Waals surface area contributed by atoms with Crippen LogP contribution in [0.1, 0.15) is 35.4 Å². The van der Waals surface area contributed by atoms with Crippen molar-refractivity contribution in [2.24, 2.45) is 0 Å². The largest absolute Gasteiger partial charge is 0.392 e. The molecular weight excluding hydrogens is 300 g/mol. The first-order valence-electron chi connectivity index (χ1n) is 8.60. The molecule has 124 valence electrons. The zero-order chi connectivity index (χ0) is 16.5. The number of aliphatic hydroxyl groups is 1. The molecule has 2 aliphatic rings. The topological polar surface area (TPSA) is 61.4 Å². The second kappa shape index (κ2) is 6.29. The lowest BCUT2D eigenvalue weighted by atomic mass is 9.76. The summed E-state index contributed by atoms with van der Waals surface area (Å²) in [7, 11) is 0. The van der Waals surface area contributed by atoms with Gasteiger partial charge < -0.3 is 15.7 Å². The molecule has 4 rings (SSSR count). The third kappa shape index (κ3) is 3.02. The predicted molar refractivity (Wildman–Crippen MR) is 94.2 cm³/mol. The lowest BCUT2D eigenvalue weighted by Gasteiger charge is -2.36. The Bertz CT molecular complexity index is 739. The standard InChI is InChI=1S/C20H22N2O2/c23-17-11-14-7-4-8-19(18(14)12-17)22-20(24)21-16-9-15(10-16)13-5-2-1-3-6-13/h1-8,15-17,23H,9-12H2,(H2,21,22,24)/t15-,16-,17-/m1/s1. The predicted octanol–water partition coefficient (Wildman–Crippen LogP) is 3.21. The molecule has 1 saturated carbocycles. The average Bonchev–Trinajstić information content (AvgIpc) is 2.93. The molecule has 1 fully saturated rings. The first-order valence-corrected chi connectivity index (χ1v) is 8.60. The Hall–Kier alpha value is -2.33. The molecule has 2 amide bonds. The number of anilines is 1. The van der Waals surface area contributed by atoms with Crippen molar-refractivity contribution in [1.82, 2.24) is 5.32 Å². The SMILES string of the molecule is O=C(Nc1cccc2c1C[C@H](O)C2)N[C@H]1C[C@H](c2ccccc2)C1. The number of carbonyl (C=O) groups is 1. The van der Waals surface area contributed by atoms with Crippen molar-refractivity contribution in [2.75, 3.05) is 5.32 Å². The summed E-state index contributed by atoms with van der Waals surface area (Å²) >= 11 is 0. The summed E-state index contributed by atoms with van der Waals surface area (Å²) in [5, 5.41) is 15.8. The van der Waals surface area contributed by atoms with Crippen molar-refractivity contribution in [3.8, 4) is 0 Å². The number of hydrogen-bond donors (Lipinski definition) is 3. The van der Waals surface area contributed by atoms with Crippen molar-refractivity contribution in [2.45, 2.75) is 43.7 Å². The van der Waals surface area contributed by atoms with E-state index in [1.165, 1.54) is 5.56 Å². The number of urea groups is 1. The lowest BCUT2D eigenvalue weighted by Crippen LogP contribution is -2.45. The normalized spacial score (nSPS) is 24.8. The van der Waals surface area contributed by atoms with Crippen molar-refractivity contribution < 1.29 is 9.90 Å². The molecule has 0 saturated heterocycles. The Balaban J connectivity index is 1.32. The Morgan fingerprint density at radius 2 is 1.79 bits per heavy atom. The summed E-state index contributed by atoms with van der Waals surface area (Å²) in [6.45, 7) is 0. The van der Waals surface area contributed by atoms with Crippen LogP contribution in [0.3, 0.4) is 0 Å². The van der Waals surface area contributed by atoms with Gasteiger partial charge >= 0.3 is 6.03 Å². The highest BCUT2D eigenvalue weighted by atomic mass is 16.3. The van der Waals surface area contributed by atoms with Gasteiger partial charge in [0.15, 0.2) is 0 Å². The summed E-state index contributed by atoms with van der Waals surface area (Å²) in [4.78, 5) is 12.3. The first-order chi connectivity index (χ1) is 11.7. The second-order valence-electron chi connectivity index (χ2n) is 6.88. The number of fused-ring (bicyclic) bond motifs is 1. The van der Waals surface area contributed by atoms with Gasteiger partial charge in [0.2, 0.25) is 0 Å². The van der Waals surface area contributed by atoms with Gasteiger partial charge in [0.1, 0.15) is 0 Å². The van der Waals surface area contributed by atoms with Gasteiger partial charge in [0.05, 0.1) is 6.10 Å². The van der Waals surface area contributed by atoms with E-state index in [0.29, 0.717) is 18.8 Å². The minimum atomic E-state index is -0.329. The molecule has 0 aliphatic heterocycles. The number of benzene rings is 2. The van der Waals surface area contributed by atoms with E-state index in [1.807, 2.05) is 24.3 Å². The summed E-state index contributed by atoms with van der Waals surface area (Å²) in [5.41, 5.74) is 4.37. The van der Waals surface area contributed by atoms with Gasteiger partial charge in [-0.3, -0.25) is 0 Å². The molecule has 0 spiro atoms. The van der Waals surface area contributed by atoms with Crippen LogP contribution in [-0.4, -0.2) is 23.3 Å². The Labute approximate surface area is 141 Å². The lowest BCUT2D eigenvalue weighted by molar-refractivity contribution is 0.187. The van der Waals surface area contributed by atoms with E-state index in [1.54, 1.807) is 0 Å². The molecule has 2 aromatic rings. The highest BCUT2D eigenvalue weighted by Crippen LogP contribution is 2.36. The molecule has 3 N–H and O–H groups in total. The zero-order valence-corrected chi connectivity index (χ0v) is 13.5. The second-order valence-corrected chi connectivity index (χ2v) is 6.88. The van der Waals surface area contributed by atoms with Crippen molar-refractivity contribution in [3.63, 3.8) is 0 Å². The van der Waals surface area contributed by atoms with E-state index in [2.05, 4.69) is 34.9 Å². The fourth-order valence-corrected chi connectivity index (χ4v) is 3.82. The highest BCUT2D eigenvalue weighted by Gasteiger charge is 2.31. The molecule has 0 radical (unpaired) electrons. The summed E-state index contributed by atoms with van der Waals surface area (Å²) in [5.74, 6) is 0.549. The van der Waals surface area contributed by atoms with E-state index in [9.17, 15) is 9.90 Å². The Kier molecular flexibility index (Phi) is 3.98. The fourth-order valence-electron chi connectivity index (χ4n) is 3.82. The van der Waals surface area contributed by atoms with Crippen molar-refractivity contribution >= 4 is 11.7 Å². The van der Waals surface area contributed by atoms with Crippen LogP contribution in [0.4, 0.5) is 10.5 Å². The van der Waals surface area contributed by atoms with Crippen molar-refractivity contribution in [1.29, 1.82) is 0 Å². The van der Waals surface area contributed by atoms with Gasteiger partial charge in [-0.15, -0.1) is 0 Å². The molecule has 0 heterocycles. The van der Waals surface area contributed by atoms with Gasteiger partial charge in [-0.05, 0) is 47.9 Å². The molecule has 0 aromatic heterocycles. The van der Waals surface area contributed by atoms with E-state index in [4.69, 9.17) is 0 Å². The minimum absolute atomic E-state index is 0.152. The van der Waals surface area contributed by atoms with Gasteiger partial charge in [-0.2, -0.15) is 0 Å². The number of rotatable bonds is 3.